The highest BCUT2D eigenvalue weighted by molar-refractivity contribution is 5.86. The summed E-state index contributed by atoms with van der Waals surface area (Å²) in [5, 5.41) is 7.98. The molecule has 5 nitrogen and oxygen atoms in total. The second-order valence-electron chi connectivity index (χ2n) is 6.51. The van der Waals surface area contributed by atoms with Crippen LogP contribution >= 0.6 is 0 Å². The first-order valence-corrected chi connectivity index (χ1v) is 8.85. The molecule has 24 heavy (non-hydrogen) atoms. The quantitative estimate of drug-likeness (QED) is 0.396. The Kier molecular flexibility index (Phi) is 5.75. The summed E-state index contributed by atoms with van der Waals surface area (Å²) in [6.45, 7) is 5.42. The molecule has 0 amide bonds. The normalized spacial score (nSPS) is 15.0. The number of H-pyrrole nitrogens is 1. The first-order chi connectivity index (χ1) is 11.8. The van der Waals surface area contributed by atoms with Crippen molar-refractivity contribution in [2.45, 2.75) is 26.2 Å². The van der Waals surface area contributed by atoms with Crippen LogP contribution in [0.2, 0.25) is 0 Å². The minimum atomic E-state index is 0.735. The van der Waals surface area contributed by atoms with Gasteiger partial charge in [0, 0.05) is 43.8 Å². The summed E-state index contributed by atoms with van der Waals surface area (Å²) in [6, 6.07) is 6.43. The zero-order valence-corrected chi connectivity index (χ0v) is 14.7. The van der Waals surface area contributed by atoms with Crippen molar-refractivity contribution in [3.63, 3.8) is 0 Å². The molecule has 2 aromatic rings. The largest absolute Gasteiger partial charge is 0.379 e. The van der Waals surface area contributed by atoms with Crippen LogP contribution in [0, 0.1) is 12.8 Å². The van der Waals surface area contributed by atoms with E-state index in [9.17, 15) is 0 Å². The highest BCUT2D eigenvalue weighted by atomic mass is 16.5. The van der Waals surface area contributed by atoms with Gasteiger partial charge in [0.25, 0.3) is 0 Å². The zero-order valence-electron chi connectivity index (χ0n) is 14.7. The lowest BCUT2D eigenvalue weighted by atomic mass is 10.1. The second-order valence-corrected chi connectivity index (χ2v) is 6.51. The van der Waals surface area contributed by atoms with Crippen LogP contribution in [-0.4, -0.2) is 44.3 Å². The van der Waals surface area contributed by atoms with Crippen molar-refractivity contribution in [2.24, 2.45) is 10.9 Å². The van der Waals surface area contributed by atoms with E-state index in [1.54, 1.807) is 7.05 Å². The molecule has 0 unspecified atom stereocenters. The summed E-state index contributed by atoms with van der Waals surface area (Å²) >= 11 is 0. The molecule has 1 aliphatic rings. The van der Waals surface area contributed by atoms with E-state index in [4.69, 9.17) is 4.74 Å². The molecule has 5 heteroatoms. The molecule has 3 N–H and O–H groups in total. The Labute approximate surface area is 143 Å². The van der Waals surface area contributed by atoms with Gasteiger partial charge < -0.3 is 20.4 Å². The lowest BCUT2D eigenvalue weighted by Crippen LogP contribution is -2.39. The van der Waals surface area contributed by atoms with Crippen LogP contribution in [0.25, 0.3) is 10.9 Å². The Hall–Kier alpha value is -2.01. The first-order valence-electron chi connectivity index (χ1n) is 8.85. The van der Waals surface area contributed by atoms with Crippen LogP contribution in [0.5, 0.6) is 0 Å². The molecule has 1 aliphatic carbocycles. The number of nitrogens with one attached hydrogen (secondary N) is 3. The molecule has 130 valence electrons. The monoisotopic (exact) mass is 328 g/mol. The summed E-state index contributed by atoms with van der Waals surface area (Å²) in [7, 11) is 1.80. The van der Waals surface area contributed by atoms with Gasteiger partial charge in [0.15, 0.2) is 5.96 Å². The van der Waals surface area contributed by atoms with Crippen molar-refractivity contribution in [2.75, 3.05) is 33.4 Å². The summed E-state index contributed by atoms with van der Waals surface area (Å²) < 4.78 is 5.63. The van der Waals surface area contributed by atoms with E-state index >= 15 is 0 Å². The van der Waals surface area contributed by atoms with Gasteiger partial charge in [0.05, 0.1) is 6.61 Å². The van der Waals surface area contributed by atoms with Crippen molar-refractivity contribution >= 4 is 16.9 Å². The Balaban J connectivity index is 1.39. The Bertz CT molecular complexity index is 688. The van der Waals surface area contributed by atoms with Gasteiger partial charge in [0.2, 0.25) is 0 Å². The van der Waals surface area contributed by atoms with E-state index in [0.717, 1.165) is 44.6 Å². The minimum Gasteiger partial charge on any atom is -0.379 e. The number of hydrogen-bond donors (Lipinski definition) is 3. The van der Waals surface area contributed by atoms with Crippen molar-refractivity contribution < 1.29 is 4.74 Å². The van der Waals surface area contributed by atoms with Crippen molar-refractivity contribution in [3.05, 3.63) is 35.5 Å². The number of hydrogen-bond acceptors (Lipinski definition) is 2. The molecule has 1 aromatic heterocycles. The maximum Gasteiger partial charge on any atom is 0.191 e. The third-order valence-corrected chi connectivity index (χ3v) is 4.51. The topological polar surface area (TPSA) is 61.4 Å². The smallest absolute Gasteiger partial charge is 0.191 e. The predicted octanol–water partition coefficient (Wildman–Crippen LogP) is 2.61. The van der Waals surface area contributed by atoms with Gasteiger partial charge in [-0.3, -0.25) is 4.99 Å². The van der Waals surface area contributed by atoms with Gasteiger partial charge in [-0.2, -0.15) is 0 Å². The van der Waals surface area contributed by atoms with Crippen molar-refractivity contribution in [1.29, 1.82) is 0 Å². The summed E-state index contributed by atoms with van der Waals surface area (Å²) in [5.41, 5.74) is 3.86. The molecule has 3 rings (SSSR count). The second kappa shape index (κ2) is 8.20. The molecule has 1 heterocycles. The number of ether oxygens (including phenoxy) is 1. The van der Waals surface area contributed by atoms with Crippen LogP contribution in [0.3, 0.4) is 0 Å². The van der Waals surface area contributed by atoms with E-state index in [0.29, 0.717) is 0 Å². The average molecular weight is 328 g/mol. The molecule has 0 spiro atoms. The Morgan fingerprint density at radius 2 is 2.12 bits per heavy atom. The van der Waals surface area contributed by atoms with E-state index in [2.05, 4.69) is 51.9 Å². The van der Waals surface area contributed by atoms with Crippen LogP contribution in [-0.2, 0) is 11.2 Å². The SMILES string of the molecule is CN=C(NCCOCC1CC1)NCCc1c[nH]c2c(C)cccc12. The number of aliphatic imine (C=N–C) groups is 1. The maximum absolute atomic E-state index is 5.63. The molecular weight excluding hydrogens is 300 g/mol. The number of aromatic nitrogens is 1. The standard InChI is InChI=1S/C19H28N4O/c1-14-4-3-5-17-16(12-23-18(14)17)8-9-21-19(20-2)22-10-11-24-13-15-6-7-15/h3-5,12,15,23H,6-11,13H2,1-2H3,(H2,20,21,22). The van der Waals surface area contributed by atoms with Gasteiger partial charge in [-0.15, -0.1) is 0 Å². The number of rotatable bonds is 8. The molecule has 0 bridgehead atoms. The lowest BCUT2D eigenvalue weighted by molar-refractivity contribution is 0.129. The van der Waals surface area contributed by atoms with Gasteiger partial charge >= 0.3 is 0 Å². The van der Waals surface area contributed by atoms with Crippen LogP contribution < -0.4 is 10.6 Å². The van der Waals surface area contributed by atoms with Gasteiger partial charge in [0.1, 0.15) is 0 Å². The summed E-state index contributed by atoms with van der Waals surface area (Å²) in [5.74, 6) is 1.66. The van der Waals surface area contributed by atoms with E-state index < -0.39 is 0 Å². The van der Waals surface area contributed by atoms with Crippen LogP contribution in [0.15, 0.2) is 29.4 Å². The Morgan fingerprint density at radius 3 is 2.92 bits per heavy atom. The highest BCUT2D eigenvalue weighted by Crippen LogP contribution is 2.28. The molecular formula is C19H28N4O. The Morgan fingerprint density at radius 1 is 1.29 bits per heavy atom. The summed E-state index contributed by atoms with van der Waals surface area (Å²) in [6.07, 6.45) is 5.75. The maximum atomic E-state index is 5.63. The fraction of sp³-hybridized carbons (Fsp3) is 0.526. The van der Waals surface area contributed by atoms with Gasteiger partial charge in [-0.25, -0.2) is 0 Å². The zero-order chi connectivity index (χ0) is 16.8. The summed E-state index contributed by atoms with van der Waals surface area (Å²) in [4.78, 5) is 7.64. The first kappa shape index (κ1) is 16.8. The van der Waals surface area contributed by atoms with Crippen molar-refractivity contribution in [1.82, 2.24) is 15.6 Å². The predicted molar refractivity (Wildman–Crippen MR) is 99.6 cm³/mol. The molecule has 0 atom stereocenters. The van der Waals surface area contributed by atoms with Crippen LogP contribution in [0.4, 0.5) is 0 Å². The van der Waals surface area contributed by atoms with Crippen molar-refractivity contribution in [3.8, 4) is 0 Å². The van der Waals surface area contributed by atoms with Gasteiger partial charge in [-0.1, -0.05) is 18.2 Å². The number of aromatic amines is 1. The van der Waals surface area contributed by atoms with Gasteiger partial charge in [-0.05, 0) is 43.2 Å². The average Bonchev–Trinajstić information content (AvgIpc) is 3.32. The number of fused-ring (bicyclic) bond motifs is 1. The molecule has 0 aliphatic heterocycles. The van der Waals surface area contributed by atoms with E-state index in [-0.39, 0.29) is 0 Å². The third kappa shape index (κ3) is 4.51. The third-order valence-electron chi connectivity index (χ3n) is 4.51. The number of nitrogens with zero attached hydrogens (tertiary/aromatic N) is 1. The number of benzene rings is 1. The molecule has 1 saturated carbocycles. The molecule has 1 fully saturated rings. The minimum absolute atomic E-state index is 0.735. The number of aryl methyl sites for hydroxylation is 1. The van der Waals surface area contributed by atoms with Crippen LogP contribution in [0.1, 0.15) is 24.0 Å². The fourth-order valence-electron chi connectivity index (χ4n) is 2.88. The highest BCUT2D eigenvalue weighted by Gasteiger charge is 2.20. The number of para-hydroxylation sites is 1. The number of guanidine groups is 1. The fourth-order valence-corrected chi connectivity index (χ4v) is 2.88. The molecule has 0 saturated heterocycles. The van der Waals surface area contributed by atoms with E-state index in [1.165, 1.54) is 34.9 Å². The lowest BCUT2D eigenvalue weighted by Gasteiger charge is -2.12. The van der Waals surface area contributed by atoms with E-state index in [1.807, 2.05) is 0 Å². The molecule has 0 radical (unpaired) electrons. The molecule has 1 aromatic carbocycles.